The van der Waals surface area contributed by atoms with Crippen LogP contribution in [0.3, 0.4) is 0 Å². The molecule has 0 aromatic carbocycles. The fourth-order valence-corrected chi connectivity index (χ4v) is 3.83. The Balaban J connectivity index is 2.25. The van der Waals surface area contributed by atoms with Crippen LogP contribution in [0, 0.1) is 10.1 Å². The molecule has 1 aromatic heterocycles. The van der Waals surface area contributed by atoms with Crippen LogP contribution in [0.25, 0.3) is 0 Å². The Bertz CT molecular complexity index is 412. The van der Waals surface area contributed by atoms with Gasteiger partial charge in [-0.3, -0.25) is 10.1 Å². The molecule has 17 heavy (non-hydrogen) atoms. The summed E-state index contributed by atoms with van der Waals surface area (Å²) in [6.45, 7) is 2.16. The molecule has 0 bridgehead atoms. The second kappa shape index (κ2) is 5.63. The second-order valence-electron chi connectivity index (χ2n) is 4.71. The second-order valence-corrected chi connectivity index (χ2v) is 5.79. The molecular formula is C13H19NO2S. The van der Waals surface area contributed by atoms with Crippen LogP contribution in [0.15, 0.2) is 0 Å². The number of fused-ring (bicyclic) bond motifs is 1. The minimum absolute atomic E-state index is 0.176. The fourth-order valence-electron chi connectivity index (χ4n) is 2.57. The van der Waals surface area contributed by atoms with E-state index in [0.29, 0.717) is 5.00 Å². The Morgan fingerprint density at radius 2 is 2.06 bits per heavy atom. The summed E-state index contributed by atoms with van der Waals surface area (Å²) in [6.07, 6.45) is 8.81. The van der Waals surface area contributed by atoms with E-state index in [4.69, 9.17) is 0 Å². The summed E-state index contributed by atoms with van der Waals surface area (Å²) in [4.78, 5) is 12.2. The van der Waals surface area contributed by atoms with Gasteiger partial charge in [0, 0.05) is 10.4 Å². The largest absolute Gasteiger partial charge is 0.327 e. The molecule has 3 nitrogen and oxygen atoms in total. The molecule has 94 valence electrons. The lowest BCUT2D eigenvalue weighted by Crippen LogP contribution is -2.02. The van der Waals surface area contributed by atoms with Crippen molar-refractivity contribution in [2.24, 2.45) is 0 Å². The molecule has 0 fully saturated rings. The zero-order valence-electron chi connectivity index (χ0n) is 10.3. The number of hydrogen-bond donors (Lipinski definition) is 0. The van der Waals surface area contributed by atoms with E-state index < -0.39 is 0 Å². The van der Waals surface area contributed by atoms with Crippen LogP contribution >= 0.6 is 11.3 Å². The van der Waals surface area contributed by atoms with Gasteiger partial charge < -0.3 is 0 Å². The first-order valence-corrected chi connectivity index (χ1v) is 7.33. The van der Waals surface area contributed by atoms with E-state index in [1.807, 2.05) is 0 Å². The molecule has 0 saturated carbocycles. The number of unbranched alkanes of at least 4 members (excludes halogenated alkanes) is 2. The van der Waals surface area contributed by atoms with Crippen LogP contribution in [0.5, 0.6) is 0 Å². The van der Waals surface area contributed by atoms with Gasteiger partial charge in [0.15, 0.2) is 0 Å². The van der Waals surface area contributed by atoms with E-state index in [-0.39, 0.29) is 4.92 Å². The lowest BCUT2D eigenvalue weighted by atomic mass is 9.93. The summed E-state index contributed by atoms with van der Waals surface area (Å²) >= 11 is 1.43. The highest BCUT2D eigenvalue weighted by Crippen LogP contribution is 2.40. The number of aryl methyl sites for hydroxylation is 1. The Kier molecular flexibility index (Phi) is 4.15. The van der Waals surface area contributed by atoms with Crippen molar-refractivity contribution in [3.63, 3.8) is 0 Å². The van der Waals surface area contributed by atoms with Gasteiger partial charge in [-0.1, -0.05) is 31.1 Å². The first kappa shape index (κ1) is 12.6. The lowest BCUT2D eigenvalue weighted by Gasteiger charge is -2.11. The number of thiophene rings is 1. The number of nitro groups is 1. The fraction of sp³-hybridized carbons (Fsp3) is 0.692. The Hall–Kier alpha value is -0.900. The highest BCUT2D eigenvalue weighted by Gasteiger charge is 2.26. The zero-order valence-corrected chi connectivity index (χ0v) is 11.1. The van der Waals surface area contributed by atoms with Gasteiger partial charge in [-0.05, 0) is 44.1 Å². The average Bonchev–Trinajstić information content (AvgIpc) is 2.69. The van der Waals surface area contributed by atoms with Crippen molar-refractivity contribution in [2.75, 3.05) is 0 Å². The third kappa shape index (κ3) is 2.68. The molecule has 0 radical (unpaired) electrons. The molecule has 1 aliphatic carbocycles. The van der Waals surface area contributed by atoms with Crippen molar-refractivity contribution in [1.29, 1.82) is 0 Å². The van der Waals surface area contributed by atoms with Gasteiger partial charge in [-0.15, -0.1) is 0 Å². The monoisotopic (exact) mass is 253 g/mol. The van der Waals surface area contributed by atoms with E-state index in [0.717, 1.165) is 31.2 Å². The molecular weight excluding hydrogens is 234 g/mol. The van der Waals surface area contributed by atoms with Gasteiger partial charge in [0.1, 0.15) is 0 Å². The minimum Gasteiger partial charge on any atom is -0.258 e. The summed E-state index contributed by atoms with van der Waals surface area (Å²) in [5.41, 5.74) is 2.38. The standard InChI is InChI=1S/C13H19NO2S/c1-2-3-4-8-11-10-7-5-6-9-12(10)17-13(11)14(15)16/h2-9H2,1H3. The van der Waals surface area contributed by atoms with Crippen LogP contribution in [0.2, 0.25) is 0 Å². The van der Waals surface area contributed by atoms with Crippen LogP contribution in [-0.2, 0) is 19.3 Å². The van der Waals surface area contributed by atoms with Gasteiger partial charge in [0.05, 0.1) is 4.92 Å². The third-order valence-corrected chi connectivity index (χ3v) is 4.74. The Morgan fingerprint density at radius 1 is 1.29 bits per heavy atom. The predicted molar refractivity (Wildman–Crippen MR) is 70.8 cm³/mol. The van der Waals surface area contributed by atoms with Crippen LogP contribution in [-0.4, -0.2) is 4.92 Å². The first-order chi connectivity index (χ1) is 8.24. The predicted octanol–water partition coefficient (Wildman–Crippen LogP) is 4.27. The van der Waals surface area contributed by atoms with Crippen molar-refractivity contribution >= 4 is 16.3 Å². The quantitative estimate of drug-likeness (QED) is 0.447. The van der Waals surface area contributed by atoms with Gasteiger partial charge in [0.25, 0.3) is 0 Å². The summed E-state index contributed by atoms with van der Waals surface area (Å²) < 4.78 is 0. The SMILES string of the molecule is CCCCCc1c([N+](=O)[O-])sc2c1CCCC2. The smallest absolute Gasteiger partial charge is 0.258 e. The van der Waals surface area contributed by atoms with Crippen molar-refractivity contribution < 1.29 is 4.92 Å². The maximum Gasteiger partial charge on any atom is 0.327 e. The van der Waals surface area contributed by atoms with Crippen molar-refractivity contribution in [3.8, 4) is 0 Å². The summed E-state index contributed by atoms with van der Waals surface area (Å²) in [5, 5.41) is 11.5. The lowest BCUT2D eigenvalue weighted by molar-refractivity contribution is -0.380. The molecule has 1 aliphatic rings. The third-order valence-electron chi connectivity index (χ3n) is 3.46. The van der Waals surface area contributed by atoms with Crippen molar-refractivity contribution in [2.45, 2.75) is 58.3 Å². The molecule has 0 saturated heterocycles. The van der Waals surface area contributed by atoms with E-state index in [9.17, 15) is 10.1 Å². The topological polar surface area (TPSA) is 43.1 Å². The van der Waals surface area contributed by atoms with E-state index in [1.54, 1.807) is 0 Å². The number of nitrogens with zero attached hydrogens (tertiary/aromatic N) is 1. The molecule has 0 aliphatic heterocycles. The van der Waals surface area contributed by atoms with E-state index in [1.165, 1.54) is 47.5 Å². The molecule has 0 N–H and O–H groups in total. The minimum atomic E-state index is -0.176. The van der Waals surface area contributed by atoms with Gasteiger partial charge in [-0.25, -0.2) is 0 Å². The van der Waals surface area contributed by atoms with E-state index in [2.05, 4.69) is 6.92 Å². The van der Waals surface area contributed by atoms with Crippen LogP contribution < -0.4 is 0 Å². The van der Waals surface area contributed by atoms with Gasteiger partial charge in [-0.2, -0.15) is 0 Å². The molecule has 1 aromatic rings. The van der Waals surface area contributed by atoms with Crippen molar-refractivity contribution in [1.82, 2.24) is 0 Å². The first-order valence-electron chi connectivity index (χ1n) is 6.51. The maximum atomic E-state index is 11.1. The molecule has 0 amide bonds. The van der Waals surface area contributed by atoms with Gasteiger partial charge in [0.2, 0.25) is 0 Å². The summed E-state index contributed by atoms with van der Waals surface area (Å²) in [6, 6.07) is 0. The van der Waals surface area contributed by atoms with Crippen molar-refractivity contribution in [3.05, 3.63) is 26.1 Å². The molecule has 0 spiro atoms. The maximum absolute atomic E-state index is 11.1. The number of rotatable bonds is 5. The number of hydrogen-bond acceptors (Lipinski definition) is 3. The molecule has 2 rings (SSSR count). The summed E-state index contributed by atoms with van der Waals surface area (Å²) in [5.74, 6) is 0. The van der Waals surface area contributed by atoms with E-state index >= 15 is 0 Å². The summed E-state index contributed by atoms with van der Waals surface area (Å²) in [7, 11) is 0. The highest BCUT2D eigenvalue weighted by atomic mass is 32.1. The normalized spacial score (nSPS) is 14.6. The zero-order chi connectivity index (χ0) is 12.3. The Morgan fingerprint density at radius 3 is 2.76 bits per heavy atom. The molecule has 0 atom stereocenters. The highest BCUT2D eigenvalue weighted by molar-refractivity contribution is 7.15. The van der Waals surface area contributed by atoms with Crippen LogP contribution in [0.1, 0.15) is 55.0 Å². The van der Waals surface area contributed by atoms with Gasteiger partial charge >= 0.3 is 5.00 Å². The van der Waals surface area contributed by atoms with Crippen LogP contribution in [0.4, 0.5) is 5.00 Å². The molecule has 4 heteroatoms. The molecule has 1 heterocycles. The Labute approximate surface area is 106 Å². The molecule has 0 unspecified atom stereocenters. The average molecular weight is 253 g/mol.